The lowest BCUT2D eigenvalue weighted by Gasteiger charge is -2.11. The third-order valence-electron chi connectivity index (χ3n) is 3.67. The van der Waals surface area contributed by atoms with Gasteiger partial charge in [-0.05, 0) is 49.2 Å². The summed E-state index contributed by atoms with van der Waals surface area (Å²) in [6, 6.07) is 12.4. The number of aryl methyl sites for hydroxylation is 1. The van der Waals surface area contributed by atoms with E-state index >= 15 is 0 Å². The summed E-state index contributed by atoms with van der Waals surface area (Å²) < 4.78 is 5.32. The molecule has 0 unspecified atom stereocenters. The maximum atomic E-state index is 11.9. The summed E-state index contributed by atoms with van der Waals surface area (Å²) in [6.45, 7) is 2.40. The van der Waals surface area contributed by atoms with Crippen LogP contribution in [0.5, 0.6) is 5.75 Å². The summed E-state index contributed by atoms with van der Waals surface area (Å²) >= 11 is 5.78. The number of benzene rings is 2. The predicted molar refractivity (Wildman–Crippen MR) is 98.2 cm³/mol. The lowest BCUT2D eigenvalue weighted by atomic mass is 10.1. The molecule has 0 saturated heterocycles. The predicted octanol–water partition coefficient (Wildman–Crippen LogP) is 2.75. The van der Waals surface area contributed by atoms with Gasteiger partial charge in [-0.15, -0.1) is 0 Å². The third-order valence-corrected chi connectivity index (χ3v) is 3.92. The molecule has 0 heterocycles. The molecule has 2 rings (SSSR count). The molecular formula is C19H21ClN2O3. The van der Waals surface area contributed by atoms with Crippen LogP contribution in [0.3, 0.4) is 0 Å². The smallest absolute Gasteiger partial charge is 0.251 e. The first-order valence-electron chi connectivity index (χ1n) is 7.93. The summed E-state index contributed by atoms with van der Waals surface area (Å²) in [5.74, 6) is 0.247. The molecule has 0 aliphatic heterocycles. The number of halogens is 1. The lowest BCUT2D eigenvalue weighted by molar-refractivity contribution is -0.120. The Balaban J connectivity index is 1.76. The van der Waals surface area contributed by atoms with Crippen LogP contribution < -0.4 is 15.4 Å². The fourth-order valence-electron chi connectivity index (χ4n) is 2.37. The highest BCUT2D eigenvalue weighted by molar-refractivity contribution is 6.30. The van der Waals surface area contributed by atoms with Gasteiger partial charge in [0, 0.05) is 17.1 Å². The van der Waals surface area contributed by atoms with Gasteiger partial charge in [0.05, 0.1) is 13.7 Å². The van der Waals surface area contributed by atoms with E-state index in [1.807, 2.05) is 25.1 Å². The van der Waals surface area contributed by atoms with Crippen LogP contribution in [-0.2, 0) is 11.2 Å². The van der Waals surface area contributed by atoms with Gasteiger partial charge in [-0.25, -0.2) is 0 Å². The van der Waals surface area contributed by atoms with Crippen LogP contribution in [0, 0.1) is 6.92 Å². The van der Waals surface area contributed by atoms with Crippen molar-refractivity contribution in [2.45, 2.75) is 13.3 Å². The maximum absolute atomic E-state index is 11.9. The molecule has 2 aromatic carbocycles. The van der Waals surface area contributed by atoms with Crippen LogP contribution in [0.25, 0.3) is 0 Å². The van der Waals surface area contributed by atoms with E-state index in [9.17, 15) is 9.59 Å². The van der Waals surface area contributed by atoms with Crippen LogP contribution in [0.1, 0.15) is 21.5 Å². The van der Waals surface area contributed by atoms with Gasteiger partial charge in [-0.1, -0.05) is 29.3 Å². The molecule has 6 heteroatoms. The van der Waals surface area contributed by atoms with E-state index in [4.69, 9.17) is 16.3 Å². The molecule has 0 spiro atoms. The van der Waals surface area contributed by atoms with Gasteiger partial charge in [0.25, 0.3) is 5.91 Å². The number of amides is 2. The third kappa shape index (κ3) is 5.80. The monoisotopic (exact) mass is 360 g/mol. The van der Waals surface area contributed by atoms with Crippen molar-refractivity contribution in [1.82, 2.24) is 10.6 Å². The Labute approximate surface area is 152 Å². The van der Waals surface area contributed by atoms with Crippen molar-refractivity contribution in [2.75, 3.05) is 20.2 Å². The zero-order valence-corrected chi connectivity index (χ0v) is 15.0. The second-order valence-corrected chi connectivity index (χ2v) is 6.04. The normalized spacial score (nSPS) is 10.2. The minimum Gasteiger partial charge on any atom is -0.496 e. The number of ether oxygens (including phenoxy) is 1. The Morgan fingerprint density at radius 1 is 1.08 bits per heavy atom. The summed E-state index contributed by atoms with van der Waals surface area (Å²) in [4.78, 5) is 23.8. The van der Waals surface area contributed by atoms with E-state index in [-0.39, 0.29) is 18.4 Å². The molecule has 0 radical (unpaired) electrons. The zero-order valence-electron chi connectivity index (χ0n) is 14.3. The van der Waals surface area contributed by atoms with Crippen LogP contribution in [0.2, 0.25) is 5.02 Å². The van der Waals surface area contributed by atoms with E-state index in [0.717, 1.165) is 16.9 Å². The zero-order chi connectivity index (χ0) is 18.2. The molecule has 0 bridgehead atoms. The minimum atomic E-state index is -0.313. The molecule has 5 nitrogen and oxygen atoms in total. The number of hydrogen-bond acceptors (Lipinski definition) is 3. The first kappa shape index (κ1) is 18.8. The fourth-order valence-corrected chi connectivity index (χ4v) is 2.49. The van der Waals surface area contributed by atoms with Gasteiger partial charge in [0.2, 0.25) is 5.91 Å². The largest absolute Gasteiger partial charge is 0.496 e. The second kappa shape index (κ2) is 9.08. The Morgan fingerprint density at radius 3 is 2.48 bits per heavy atom. The van der Waals surface area contributed by atoms with Crippen molar-refractivity contribution in [2.24, 2.45) is 0 Å². The van der Waals surface area contributed by atoms with Crippen LogP contribution in [0.15, 0.2) is 42.5 Å². The first-order valence-corrected chi connectivity index (χ1v) is 8.31. The number of carbonyl (C=O) groups excluding carboxylic acids is 2. The van der Waals surface area contributed by atoms with Crippen molar-refractivity contribution >= 4 is 23.4 Å². The number of hydrogen-bond donors (Lipinski definition) is 2. The molecule has 2 amide bonds. The number of methoxy groups -OCH3 is 1. The summed E-state index contributed by atoms with van der Waals surface area (Å²) in [6.07, 6.45) is 0.654. The van der Waals surface area contributed by atoms with Gasteiger partial charge in [0.1, 0.15) is 5.75 Å². The van der Waals surface area contributed by atoms with Gasteiger partial charge >= 0.3 is 0 Å². The lowest BCUT2D eigenvalue weighted by Crippen LogP contribution is -2.37. The van der Waals surface area contributed by atoms with Crippen LogP contribution in [-0.4, -0.2) is 32.0 Å². The quantitative estimate of drug-likeness (QED) is 0.797. The topological polar surface area (TPSA) is 67.4 Å². The molecule has 2 N–H and O–H groups in total. The molecule has 0 fully saturated rings. The summed E-state index contributed by atoms with van der Waals surface area (Å²) in [5, 5.41) is 5.92. The molecular weight excluding hydrogens is 340 g/mol. The van der Waals surface area contributed by atoms with Crippen molar-refractivity contribution in [3.63, 3.8) is 0 Å². The highest BCUT2D eigenvalue weighted by atomic mass is 35.5. The first-order chi connectivity index (χ1) is 12.0. The molecule has 0 aromatic heterocycles. The maximum Gasteiger partial charge on any atom is 0.251 e. The van der Waals surface area contributed by atoms with Gasteiger partial charge in [0.15, 0.2) is 0 Å². The standard InChI is InChI=1S/C19H21ClN2O3/c1-13-3-8-17(25-2)15(11-13)9-10-21-18(23)12-22-19(24)14-4-6-16(20)7-5-14/h3-8,11H,9-10,12H2,1-2H3,(H,21,23)(H,22,24). The summed E-state index contributed by atoms with van der Waals surface area (Å²) in [7, 11) is 1.62. The SMILES string of the molecule is COc1ccc(C)cc1CCNC(=O)CNC(=O)c1ccc(Cl)cc1. The molecule has 132 valence electrons. The van der Waals surface area contributed by atoms with E-state index < -0.39 is 0 Å². The minimum absolute atomic E-state index is 0.0770. The Hall–Kier alpha value is -2.53. The highest BCUT2D eigenvalue weighted by Gasteiger charge is 2.08. The van der Waals surface area contributed by atoms with E-state index in [1.165, 1.54) is 0 Å². The fraction of sp³-hybridized carbons (Fsp3) is 0.263. The number of nitrogens with one attached hydrogen (secondary N) is 2. The van der Waals surface area contributed by atoms with Crippen molar-refractivity contribution in [3.8, 4) is 5.75 Å². The van der Waals surface area contributed by atoms with Gasteiger partial charge in [-0.3, -0.25) is 9.59 Å². The van der Waals surface area contributed by atoms with Gasteiger partial charge in [-0.2, -0.15) is 0 Å². The molecule has 0 atom stereocenters. The molecule has 0 saturated carbocycles. The average molecular weight is 361 g/mol. The summed E-state index contributed by atoms with van der Waals surface area (Å²) in [5.41, 5.74) is 2.63. The van der Waals surface area contributed by atoms with Crippen LogP contribution in [0.4, 0.5) is 0 Å². The Morgan fingerprint density at radius 2 is 1.80 bits per heavy atom. The molecule has 0 aliphatic rings. The van der Waals surface area contributed by atoms with Crippen molar-refractivity contribution in [1.29, 1.82) is 0 Å². The molecule has 2 aromatic rings. The molecule has 0 aliphatic carbocycles. The number of carbonyl (C=O) groups is 2. The van der Waals surface area contributed by atoms with E-state index in [0.29, 0.717) is 23.6 Å². The van der Waals surface area contributed by atoms with E-state index in [1.54, 1.807) is 31.4 Å². The Kier molecular flexibility index (Phi) is 6.83. The number of rotatable bonds is 7. The van der Waals surface area contributed by atoms with Crippen molar-refractivity contribution < 1.29 is 14.3 Å². The average Bonchev–Trinajstić information content (AvgIpc) is 2.60. The molecule has 25 heavy (non-hydrogen) atoms. The Bertz CT molecular complexity index is 745. The highest BCUT2D eigenvalue weighted by Crippen LogP contribution is 2.19. The van der Waals surface area contributed by atoms with Crippen LogP contribution >= 0.6 is 11.6 Å². The second-order valence-electron chi connectivity index (χ2n) is 5.60. The van der Waals surface area contributed by atoms with Crippen molar-refractivity contribution in [3.05, 3.63) is 64.2 Å². The van der Waals surface area contributed by atoms with E-state index in [2.05, 4.69) is 10.6 Å². The van der Waals surface area contributed by atoms with Gasteiger partial charge < -0.3 is 15.4 Å².